The third-order valence-electron chi connectivity index (χ3n) is 13.7. The second kappa shape index (κ2) is 8.27. The predicted octanol–water partition coefficient (Wildman–Crippen LogP) is 0.362. The van der Waals surface area contributed by atoms with Gasteiger partial charge in [0.25, 0.3) is 0 Å². The van der Waals surface area contributed by atoms with E-state index in [1.807, 2.05) is 6.92 Å². The fourth-order valence-electron chi connectivity index (χ4n) is 11.3. The van der Waals surface area contributed by atoms with E-state index in [4.69, 9.17) is 23.4 Å². The highest BCUT2D eigenvalue weighted by Crippen LogP contribution is 2.85. The first-order valence-electron chi connectivity index (χ1n) is 15.4. The Kier molecular flexibility index (Phi) is 5.49. The lowest BCUT2D eigenvalue weighted by Crippen LogP contribution is -2.88. The normalized spacial score (nSPS) is 58.2. The van der Waals surface area contributed by atoms with E-state index < -0.39 is 105 Å². The molecule has 1 aromatic rings. The van der Waals surface area contributed by atoms with Crippen molar-refractivity contribution in [2.45, 2.75) is 108 Å². The van der Waals surface area contributed by atoms with Crippen molar-refractivity contribution in [1.82, 2.24) is 0 Å². The number of aliphatic hydroxyl groups is 5. The minimum absolute atomic E-state index is 0.0170. The van der Waals surface area contributed by atoms with Crippen LogP contribution in [-0.2, 0) is 34.1 Å². The average Bonchev–Trinajstić information content (AvgIpc) is 3.33. The van der Waals surface area contributed by atoms with E-state index in [1.165, 1.54) is 12.5 Å². The molecule has 12 nitrogen and oxygen atoms in total. The number of hydrogen-bond donors (Lipinski definition) is 5. The number of carbonyl (C=O) groups is 2. The molecule has 5 N–H and O–H groups in total. The Bertz CT molecular complexity index is 1380. The van der Waals surface area contributed by atoms with E-state index in [0.29, 0.717) is 12.0 Å². The van der Waals surface area contributed by atoms with Crippen molar-refractivity contribution in [1.29, 1.82) is 0 Å². The van der Waals surface area contributed by atoms with Crippen molar-refractivity contribution in [2.75, 3.05) is 6.61 Å². The molecular weight excluding hydrogens is 564 g/mol. The number of ketones is 1. The Morgan fingerprint density at radius 3 is 2.58 bits per heavy atom. The lowest BCUT2D eigenvalue weighted by atomic mass is 9.31. The van der Waals surface area contributed by atoms with Gasteiger partial charge in [-0.2, -0.15) is 0 Å². The Morgan fingerprint density at radius 1 is 1.16 bits per heavy atom. The maximum atomic E-state index is 14.8. The van der Waals surface area contributed by atoms with Gasteiger partial charge in [-0.15, -0.1) is 0 Å². The smallest absolute Gasteiger partial charge is 0.308 e. The number of ether oxygens (including phenoxy) is 4. The highest BCUT2D eigenvalue weighted by molar-refractivity contribution is 5.91. The maximum Gasteiger partial charge on any atom is 0.308 e. The predicted molar refractivity (Wildman–Crippen MR) is 141 cm³/mol. The lowest BCUT2D eigenvalue weighted by Gasteiger charge is -2.76. The first-order chi connectivity index (χ1) is 20.2. The van der Waals surface area contributed by atoms with Crippen molar-refractivity contribution in [3.05, 3.63) is 24.2 Å². The minimum Gasteiger partial charge on any atom is -0.472 e. The Labute approximate surface area is 248 Å². The molecule has 0 radical (unpaired) electrons. The summed E-state index contributed by atoms with van der Waals surface area (Å²) in [5.41, 5.74) is -8.62. The molecule has 43 heavy (non-hydrogen) atoms. The second-order valence-corrected chi connectivity index (χ2v) is 14.7. The zero-order valence-corrected chi connectivity index (χ0v) is 24.6. The van der Waals surface area contributed by atoms with Gasteiger partial charge in [0.15, 0.2) is 18.4 Å². The van der Waals surface area contributed by atoms with Crippen LogP contribution in [0.4, 0.5) is 0 Å². The number of Topliss-reactive ketones (excluding diaryl/α,β-unsaturated/α-hetero) is 1. The first kappa shape index (κ1) is 28.6. The van der Waals surface area contributed by atoms with Gasteiger partial charge in [-0.25, -0.2) is 0 Å². The Morgan fingerprint density at radius 2 is 1.91 bits per heavy atom. The molecule has 4 heterocycles. The van der Waals surface area contributed by atoms with Crippen LogP contribution < -0.4 is 0 Å². The highest BCUT2D eigenvalue weighted by atomic mass is 16.7. The number of epoxide rings is 1. The number of carbonyl (C=O) groups excluding carboxylic acids is 2. The average molecular weight is 605 g/mol. The minimum atomic E-state index is -1.75. The van der Waals surface area contributed by atoms with Gasteiger partial charge < -0.3 is 48.9 Å². The second-order valence-electron chi connectivity index (χ2n) is 14.7. The Balaban J connectivity index is 1.31. The standard InChI is InChI=1S/C31H40O12/c1-5-13(2)23(36)41-18-9-17(33)30-15-8-16(32)28(12-40-25(30)42-24(37)26(15,18)3)21(30)20(34)22(35)27(4)29(38,14-6-7-39-11-14)10-19-31(27,28)43-19/h6-7,11,13,15-19,21-22,24-25,32-33,35,37-38H,5,8-10,12H2,1-4H3/t13-,15?,16+,17-,18-,19-,21-,22-,24+,25-,26-,27+,28+,29-,30+,31+/m0/s1. The quantitative estimate of drug-likeness (QED) is 0.235. The van der Waals surface area contributed by atoms with Crippen LogP contribution >= 0.6 is 0 Å². The summed E-state index contributed by atoms with van der Waals surface area (Å²) in [4.78, 5) is 27.8. The van der Waals surface area contributed by atoms with Crippen LogP contribution in [0.3, 0.4) is 0 Å². The molecule has 3 aliphatic heterocycles. The molecule has 1 aromatic heterocycles. The Hall–Kier alpha value is -1.90. The van der Waals surface area contributed by atoms with Crippen molar-refractivity contribution >= 4 is 11.8 Å². The van der Waals surface area contributed by atoms with E-state index in [9.17, 15) is 35.1 Å². The molecule has 0 aromatic carbocycles. The summed E-state index contributed by atoms with van der Waals surface area (Å²) in [5.74, 6) is -3.56. The summed E-state index contributed by atoms with van der Waals surface area (Å²) in [6, 6.07) is 1.59. The first-order valence-corrected chi connectivity index (χ1v) is 15.4. The van der Waals surface area contributed by atoms with Crippen LogP contribution in [0.25, 0.3) is 0 Å². The molecule has 3 saturated heterocycles. The van der Waals surface area contributed by atoms with E-state index in [0.717, 1.165) is 0 Å². The molecular formula is C31H40O12. The number of hydrogen-bond acceptors (Lipinski definition) is 12. The summed E-state index contributed by atoms with van der Waals surface area (Å²) in [5, 5.41) is 60.2. The van der Waals surface area contributed by atoms with Crippen molar-refractivity contribution < 1.29 is 58.5 Å². The van der Waals surface area contributed by atoms with Crippen molar-refractivity contribution in [3.8, 4) is 0 Å². The van der Waals surface area contributed by atoms with E-state index in [1.54, 1.807) is 26.8 Å². The molecule has 7 aliphatic rings. The highest BCUT2D eigenvalue weighted by Gasteiger charge is 2.97. The van der Waals surface area contributed by atoms with Crippen LogP contribution in [0.15, 0.2) is 23.0 Å². The van der Waals surface area contributed by atoms with Crippen molar-refractivity contribution in [2.24, 2.45) is 39.4 Å². The molecule has 16 atom stereocenters. The monoisotopic (exact) mass is 604 g/mol. The summed E-state index contributed by atoms with van der Waals surface area (Å²) >= 11 is 0. The van der Waals surface area contributed by atoms with Crippen LogP contribution in [0.1, 0.15) is 58.9 Å². The lowest BCUT2D eigenvalue weighted by molar-refractivity contribution is -0.468. The van der Waals surface area contributed by atoms with Gasteiger partial charge >= 0.3 is 5.97 Å². The molecule has 4 saturated carbocycles. The fourth-order valence-corrected chi connectivity index (χ4v) is 11.3. The van der Waals surface area contributed by atoms with Gasteiger partial charge in [0.1, 0.15) is 23.4 Å². The van der Waals surface area contributed by atoms with E-state index >= 15 is 0 Å². The van der Waals surface area contributed by atoms with Crippen LogP contribution in [0, 0.1) is 39.4 Å². The molecule has 236 valence electrons. The molecule has 4 aliphatic carbocycles. The molecule has 2 spiro atoms. The van der Waals surface area contributed by atoms with Crippen LogP contribution in [0.5, 0.6) is 0 Å². The van der Waals surface area contributed by atoms with Crippen LogP contribution in [0.2, 0.25) is 0 Å². The van der Waals surface area contributed by atoms with Crippen LogP contribution in [-0.4, -0.2) is 92.6 Å². The topological polar surface area (TPSA) is 189 Å². The maximum absolute atomic E-state index is 14.8. The number of aliphatic hydroxyl groups excluding tert-OH is 4. The molecule has 8 rings (SSSR count). The largest absolute Gasteiger partial charge is 0.472 e. The molecule has 12 heteroatoms. The molecule has 3 bridgehead atoms. The van der Waals surface area contributed by atoms with Gasteiger partial charge in [-0.05, 0) is 24.8 Å². The van der Waals surface area contributed by atoms with Gasteiger partial charge in [-0.1, -0.05) is 27.7 Å². The van der Waals surface area contributed by atoms with Crippen molar-refractivity contribution in [3.63, 3.8) is 0 Å². The zero-order chi connectivity index (χ0) is 30.7. The summed E-state index contributed by atoms with van der Waals surface area (Å²) in [7, 11) is 0. The van der Waals surface area contributed by atoms with E-state index in [2.05, 4.69) is 0 Å². The SMILES string of the molecule is CC[C@H](C)C(=O)O[C@H]1C[C@H](O)[C@@]23C4C[C@@H](O)[C@]5(CO[C@H]2O[C@@H](O)[C@@]41C)[C@@H]3C(=O)[C@H](O)[C@@]1(C)[C@@]52O[C@H]2C[C@]1(O)c1ccoc1. The van der Waals surface area contributed by atoms with E-state index in [-0.39, 0.29) is 25.9 Å². The van der Waals surface area contributed by atoms with Gasteiger partial charge in [0, 0.05) is 24.3 Å². The third-order valence-corrected chi connectivity index (χ3v) is 13.7. The number of furan rings is 1. The molecule has 7 fully saturated rings. The summed E-state index contributed by atoms with van der Waals surface area (Å²) in [6.07, 6.45) is -5.37. The number of rotatable bonds is 4. The third kappa shape index (κ3) is 2.65. The number of esters is 1. The molecule has 0 amide bonds. The van der Waals surface area contributed by atoms with Gasteiger partial charge in [-0.3, -0.25) is 9.59 Å². The van der Waals surface area contributed by atoms with Gasteiger partial charge in [0.2, 0.25) is 0 Å². The fraction of sp³-hybridized carbons (Fsp3) is 0.806. The van der Waals surface area contributed by atoms with Gasteiger partial charge in [0.05, 0.1) is 65.0 Å². The zero-order valence-electron chi connectivity index (χ0n) is 24.6. The summed E-state index contributed by atoms with van der Waals surface area (Å²) in [6.45, 7) is 6.70. The molecule has 1 unspecified atom stereocenters. The summed E-state index contributed by atoms with van der Waals surface area (Å²) < 4.78 is 30.1.